The van der Waals surface area contributed by atoms with Crippen molar-refractivity contribution in [3.05, 3.63) is 65.2 Å². The van der Waals surface area contributed by atoms with E-state index in [4.69, 9.17) is 0 Å². The first-order chi connectivity index (χ1) is 13.8. The molecule has 2 aromatic carbocycles. The number of rotatable bonds is 6. The average Bonchev–Trinajstić information content (AvgIpc) is 2.71. The molecule has 0 aliphatic carbocycles. The van der Waals surface area contributed by atoms with Gasteiger partial charge in [-0.15, -0.1) is 0 Å². The van der Waals surface area contributed by atoms with Crippen LogP contribution in [0.25, 0.3) is 0 Å². The molecule has 2 aromatic rings. The number of amides is 1. The lowest BCUT2D eigenvalue weighted by molar-refractivity contribution is -0.146. The number of carboxylic acids is 1. The Hall–Kier alpha value is -2.82. The molecular formula is C24H30N2O3. The van der Waals surface area contributed by atoms with Crippen molar-refractivity contribution in [1.29, 1.82) is 0 Å². The molecule has 29 heavy (non-hydrogen) atoms. The lowest BCUT2D eigenvalue weighted by atomic mass is 9.68. The minimum atomic E-state index is -1.24. The second-order valence-electron chi connectivity index (χ2n) is 8.03. The summed E-state index contributed by atoms with van der Waals surface area (Å²) in [5.41, 5.74) is 1.73. The van der Waals surface area contributed by atoms with Gasteiger partial charge < -0.3 is 14.9 Å². The SMILES string of the molecule is CCN(CC)c1ccc([C@H]2N(C(C)C)C(=O)c3ccccc3[C@@]2(C)C(=O)O)cc1. The van der Waals surface area contributed by atoms with Crippen molar-refractivity contribution in [3.8, 4) is 0 Å². The normalized spacial score (nSPS) is 21.2. The lowest BCUT2D eigenvalue weighted by Gasteiger charge is -2.48. The number of fused-ring (bicyclic) bond motifs is 1. The van der Waals surface area contributed by atoms with Crippen LogP contribution in [0.4, 0.5) is 5.69 Å². The van der Waals surface area contributed by atoms with Crippen LogP contribution in [0, 0.1) is 0 Å². The smallest absolute Gasteiger partial charge is 0.316 e. The number of hydrogen-bond acceptors (Lipinski definition) is 3. The molecule has 0 fully saturated rings. The number of anilines is 1. The lowest BCUT2D eigenvalue weighted by Crippen LogP contribution is -2.56. The van der Waals surface area contributed by atoms with Crippen molar-refractivity contribution in [3.63, 3.8) is 0 Å². The van der Waals surface area contributed by atoms with Gasteiger partial charge in [-0.1, -0.05) is 30.3 Å². The Balaban J connectivity index is 2.21. The van der Waals surface area contributed by atoms with Gasteiger partial charge in [0, 0.05) is 30.4 Å². The zero-order chi connectivity index (χ0) is 21.3. The maximum Gasteiger partial charge on any atom is 0.316 e. The summed E-state index contributed by atoms with van der Waals surface area (Å²) in [5, 5.41) is 10.3. The standard InChI is InChI=1S/C24H30N2O3/c1-6-25(7-2)18-14-12-17(13-15-18)21-24(5,23(28)29)20-11-9-8-10-19(20)22(27)26(21)16(3)4/h8-16,21H,6-7H2,1-5H3,(H,28,29)/t21-,24-/m1/s1. The van der Waals surface area contributed by atoms with Crippen LogP contribution in [0.15, 0.2) is 48.5 Å². The Morgan fingerprint density at radius 2 is 1.69 bits per heavy atom. The molecule has 0 unspecified atom stereocenters. The Labute approximate surface area is 172 Å². The molecular weight excluding hydrogens is 364 g/mol. The number of carbonyl (C=O) groups excluding carboxylic acids is 1. The molecule has 5 heteroatoms. The highest BCUT2D eigenvalue weighted by Gasteiger charge is 2.54. The van der Waals surface area contributed by atoms with E-state index in [1.807, 2.05) is 38.1 Å². The number of carboxylic acid groups (broad SMARTS) is 1. The molecule has 1 amide bonds. The monoisotopic (exact) mass is 394 g/mol. The summed E-state index contributed by atoms with van der Waals surface area (Å²) >= 11 is 0. The molecule has 0 radical (unpaired) electrons. The molecule has 3 rings (SSSR count). The predicted molar refractivity (Wildman–Crippen MR) is 115 cm³/mol. The fourth-order valence-corrected chi connectivity index (χ4v) is 4.52. The van der Waals surface area contributed by atoms with Crippen molar-refractivity contribution < 1.29 is 14.7 Å². The van der Waals surface area contributed by atoms with Crippen LogP contribution in [0.5, 0.6) is 0 Å². The van der Waals surface area contributed by atoms with Gasteiger partial charge in [0.2, 0.25) is 0 Å². The molecule has 1 aliphatic rings. The highest BCUT2D eigenvalue weighted by atomic mass is 16.4. The number of hydrogen-bond donors (Lipinski definition) is 1. The number of carbonyl (C=O) groups is 2. The summed E-state index contributed by atoms with van der Waals surface area (Å²) in [4.78, 5) is 29.9. The topological polar surface area (TPSA) is 60.9 Å². The summed E-state index contributed by atoms with van der Waals surface area (Å²) in [6.07, 6.45) is 0. The van der Waals surface area contributed by atoms with Crippen molar-refractivity contribution in [2.45, 2.75) is 52.1 Å². The van der Waals surface area contributed by atoms with Crippen LogP contribution in [-0.2, 0) is 10.2 Å². The molecule has 1 heterocycles. The molecule has 0 saturated heterocycles. The zero-order valence-corrected chi connectivity index (χ0v) is 17.8. The predicted octanol–water partition coefficient (Wildman–Crippen LogP) is 4.48. The van der Waals surface area contributed by atoms with E-state index in [9.17, 15) is 14.7 Å². The minimum Gasteiger partial charge on any atom is -0.481 e. The largest absolute Gasteiger partial charge is 0.481 e. The van der Waals surface area contributed by atoms with Crippen molar-refractivity contribution >= 4 is 17.6 Å². The van der Waals surface area contributed by atoms with Crippen molar-refractivity contribution in [2.24, 2.45) is 0 Å². The van der Waals surface area contributed by atoms with Crippen LogP contribution in [-0.4, -0.2) is 41.0 Å². The van der Waals surface area contributed by atoms with E-state index >= 15 is 0 Å². The highest BCUT2D eigenvalue weighted by Crippen LogP contribution is 2.48. The van der Waals surface area contributed by atoms with E-state index in [2.05, 4.69) is 18.7 Å². The third-order valence-corrected chi connectivity index (χ3v) is 6.11. The zero-order valence-electron chi connectivity index (χ0n) is 17.8. The van der Waals surface area contributed by atoms with Gasteiger partial charge in [-0.25, -0.2) is 0 Å². The Bertz CT molecular complexity index is 903. The molecule has 5 nitrogen and oxygen atoms in total. The second kappa shape index (κ2) is 7.90. The van der Waals surface area contributed by atoms with E-state index in [0.717, 1.165) is 24.3 Å². The first kappa shape index (κ1) is 20.9. The maximum atomic E-state index is 13.3. The third-order valence-electron chi connectivity index (χ3n) is 6.11. The summed E-state index contributed by atoms with van der Waals surface area (Å²) in [5.74, 6) is -1.05. The van der Waals surface area contributed by atoms with Gasteiger partial charge in [-0.2, -0.15) is 0 Å². The number of nitrogens with zero attached hydrogens (tertiary/aromatic N) is 2. The summed E-state index contributed by atoms with van der Waals surface area (Å²) in [7, 11) is 0. The van der Waals surface area contributed by atoms with E-state index in [-0.39, 0.29) is 11.9 Å². The molecule has 0 aromatic heterocycles. The molecule has 2 atom stereocenters. The Morgan fingerprint density at radius 3 is 2.21 bits per heavy atom. The van der Waals surface area contributed by atoms with E-state index in [1.54, 1.807) is 36.1 Å². The van der Waals surface area contributed by atoms with Crippen LogP contribution >= 0.6 is 0 Å². The fourth-order valence-electron chi connectivity index (χ4n) is 4.52. The molecule has 154 valence electrons. The third kappa shape index (κ3) is 3.28. The summed E-state index contributed by atoms with van der Waals surface area (Å²) in [6.45, 7) is 11.6. The first-order valence-corrected chi connectivity index (χ1v) is 10.3. The van der Waals surface area contributed by atoms with E-state index < -0.39 is 17.4 Å². The van der Waals surface area contributed by atoms with Crippen LogP contribution in [0.1, 0.15) is 62.1 Å². The van der Waals surface area contributed by atoms with Crippen LogP contribution in [0.3, 0.4) is 0 Å². The average molecular weight is 395 g/mol. The minimum absolute atomic E-state index is 0.118. The quantitative estimate of drug-likeness (QED) is 0.785. The van der Waals surface area contributed by atoms with Crippen molar-refractivity contribution in [2.75, 3.05) is 18.0 Å². The first-order valence-electron chi connectivity index (χ1n) is 10.3. The molecule has 0 saturated carbocycles. The summed E-state index contributed by atoms with van der Waals surface area (Å²) < 4.78 is 0. The number of aliphatic carboxylic acids is 1. The van der Waals surface area contributed by atoms with Gasteiger partial charge in [0.1, 0.15) is 5.41 Å². The highest BCUT2D eigenvalue weighted by molar-refractivity contribution is 6.01. The van der Waals surface area contributed by atoms with Gasteiger partial charge in [-0.05, 0) is 63.9 Å². The molecule has 1 N–H and O–H groups in total. The van der Waals surface area contributed by atoms with Gasteiger partial charge in [0.25, 0.3) is 5.91 Å². The van der Waals surface area contributed by atoms with Crippen LogP contribution in [0.2, 0.25) is 0 Å². The number of benzene rings is 2. The van der Waals surface area contributed by atoms with Crippen LogP contribution < -0.4 is 4.90 Å². The summed E-state index contributed by atoms with van der Waals surface area (Å²) in [6, 6.07) is 14.4. The molecule has 0 spiro atoms. The van der Waals surface area contributed by atoms with Gasteiger partial charge in [-0.3, -0.25) is 9.59 Å². The second-order valence-corrected chi connectivity index (χ2v) is 8.03. The molecule has 1 aliphatic heterocycles. The maximum absolute atomic E-state index is 13.3. The molecule has 0 bridgehead atoms. The fraction of sp³-hybridized carbons (Fsp3) is 0.417. The Kier molecular flexibility index (Phi) is 5.69. The van der Waals surface area contributed by atoms with Gasteiger partial charge >= 0.3 is 5.97 Å². The van der Waals surface area contributed by atoms with Gasteiger partial charge in [0.15, 0.2) is 0 Å². The van der Waals surface area contributed by atoms with E-state index in [0.29, 0.717) is 11.1 Å². The Morgan fingerprint density at radius 1 is 1.10 bits per heavy atom. The van der Waals surface area contributed by atoms with E-state index in [1.165, 1.54) is 0 Å². The van der Waals surface area contributed by atoms with Crippen molar-refractivity contribution in [1.82, 2.24) is 4.90 Å². The van der Waals surface area contributed by atoms with Gasteiger partial charge in [0.05, 0.1) is 6.04 Å².